The predicted octanol–water partition coefficient (Wildman–Crippen LogP) is 1.38. The lowest BCUT2D eigenvalue weighted by molar-refractivity contribution is -0.0267. The smallest absolute Gasteiger partial charge is 0.161 e. The number of hydrogen-bond donors (Lipinski definition) is 3. The molecule has 0 radical (unpaired) electrons. The first-order valence-electron chi connectivity index (χ1n) is 7.07. The lowest BCUT2D eigenvalue weighted by Crippen LogP contribution is -2.31. The Morgan fingerprint density at radius 1 is 1.35 bits per heavy atom. The minimum atomic E-state index is -0.199. The van der Waals surface area contributed by atoms with Crippen molar-refractivity contribution >= 4 is 0 Å². The Morgan fingerprint density at radius 2 is 2.10 bits per heavy atom. The van der Waals surface area contributed by atoms with Gasteiger partial charge in [-0.05, 0) is 45.1 Å². The number of benzene rings is 1. The van der Waals surface area contributed by atoms with Gasteiger partial charge in [-0.3, -0.25) is 0 Å². The van der Waals surface area contributed by atoms with Gasteiger partial charge in [0, 0.05) is 18.5 Å². The summed E-state index contributed by atoms with van der Waals surface area (Å²) in [4.78, 5) is 2.14. The average Bonchev–Trinajstić information content (AvgIpc) is 2.42. The molecule has 0 aliphatic carbocycles. The number of nitrogens with zero attached hydrogens (tertiary/aromatic N) is 1. The third kappa shape index (κ3) is 3.23. The van der Waals surface area contributed by atoms with Crippen LogP contribution in [0.3, 0.4) is 0 Å². The van der Waals surface area contributed by atoms with Crippen LogP contribution in [-0.2, 0) is 11.2 Å². The molecule has 5 heteroatoms. The number of fused-ring (bicyclic) bond motifs is 1. The molecule has 0 bridgehead atoms. The summed E-state index contributed by atoms with van der Waals surface area (Å²) in [7, 11) is 4.09. The second-order valence-electron chi connectivity index (χ2n) is 5.63. The maximum atomic E-state index is 10.0. The van der Waals surface area contributed by atoms with E-state index >= 15 is 0 Å². The van der Waals surface area contributed by atoms with E-state index in [-0.39, 0.29) is 23.7 Å². The zero-order chi connectivity index (χ0) is 14.7. The summed E-state index contributed by atoms with van der Waals surface area (Å²) in [5.41, 5.74) is 7.44. The van der Waals surface area contributed by atoms with E-state index in [0.717, 1.165) is 30.5 Å². The first kappa shape index (κ1) is 15.1. The van der Waals surface area contributed by atoms with E-state index in [1.807, 2.05) is 14.1 Å². The highest BCUT2D eigenvalue weighted by Crippen LogP contribution is 2.40. The van der Waals surface area contributed by atoms with Crippen molar-refractivity contribution in [3.05, 3.63) is 23.3 Å². The quantitative estimate of drug-likeness (QED) is 0.710. The third-order valence-corrected chi connectivity index (χ3v) is 3.78. The van der Waals surface area contributed by atoms with Gasteiger partial charge in [-0.2, -0.15) is 0 Å². The lowest BCUT2D eigenvalue weighted by Gasteiger charge is -2.32. The second-order valence-corrected chi connectivity index (χ2v) is 5.63. The minimum absolute atomic E-state index is 0.0261. The average molecular weight is 280 g/mol. The predicted molar refractivity (Wildman–Crippen MR) is 77.9 cm³/mol. The summed E-state index contributed by atoms with van der Waals surface area (Å²) in [6.07, 6.45) is 2.42. The van der Waals surface area contributed by atoms with Crippen LogP contribution in [0.2, 0.25) is 0 Å². The molecule has 0 fully saturated rings. The van der Waals surface area contributed by atoms with Gasteiger partial charge in [0.15, 0.2) is 11.5 Å². The third-order valence-electron chi connectivity index (χ3n) is 3.78. The maximum Gasteiger partial charge on any atom is 0.161 e. The van der Waals surface area contributed by atoms with E-state index in [0.29, 0.717) is 13.0 Å². The SMILES string of the molecule is CN(C)CCCC1Cc2c(ccc(O)c2O)C(CN)O1. The van der Waals surface area contributed by atoms with Gasteiger partial charge in [0.05, 0.1) is 12.2 Å². The Bertz CT molecular complexity index is 463. The Kier molecular flexibility index (Phi) is 4.86. The van der Waals surface area contributed by atoms with Crippen molar-refractivity contribution < 1.29 is 14.9 Å². The van der Waals surface area contributed by atoms with Crippen LogP contribution in [0.25, 0.3) is 0 Å². The molecule has 20 heavy (non-hydrogen) atoms. The molecule has 0 aromatic heterocycles. The summed E-state index contributed by atoms with van der Waals surface area (Å²) in [5.74, 6) is -0.102. The largest absolute Gasteiger partial charge is 0.504 e. The topological polar surface area (TPSA) is 79.0 Å². The normalized spacial score (nSPS) is 22.0. The highest BCUT2D eigenvalue weighted by Gasteiger charge is 2.29. The van der Waals surface area contributed by atoms with Crippen molar-refractivity contribution in [1.82, 2.24) is 4.90 Å². The molecule has 1 aliphatic rings. The van der Waals surface area contributed by atoms with Gasteiger partial charge >= 0.3 is 0 Å². The van der Waals surface area contributed by atoms with Gasteiger partial charge < -0.3 is 25.6 Å². The van der Waals surface area contributed by atoms with E-state index < -0.39 is 0 Å². The number of hydrogen-bond acceptors (Lipinski definition) is 5. The van der Waals surface area contributed by atoms with E-state index in [9.17, 15) is 10.2 Å². The van der Waals surface area contributed by atoms with E-state index in [4.69, 9.17) is 10.5 Å². The fraction of sp³-hybridized carbons (Fsp3) is 0.600. The molecule has 5 nitrogen and oxygen atoms in total. The summed E-state index contributed by atoms with van der Waals surface area (Å²) >= 11 is 0. The molecule has 0 saturated carbocycles. The van der Waals surface area contributed by atoms with E-state index in [1.165, 1.54) is 6.07 Å². The van der Waals surface area contributed by atoms with Gasteiger partial charge in [-0.1, -0.05) is 6.07 Å². The molecule has 1 aromatic rings. The van der Waals surface area contributed by atoms with E-state index in [1.54, 1.807) is 6.07 Å². The molecular weight excluding hydrogens is 256 g/mol. The van der Waals surface area contributed by atoms with Crippen molar-refractivity contribution in [3.8, 4) is 11.5 Å². The molecule has 1 heterocycles. The van der Waals surface area contributed by atoms with Gasteiger partial charge in [0.2, 0.25) is 0 Å². The number of nitrogens with two attached hydrogens (primary N) is 1. The van der Waals surface area contributed by atoms with Crippen LogP contribution >= 0.6 is 0 Å². The zero-order valence-electron chi connectivity index (χ0n) is 12.2. The van der Waals surface area contributed by atoms with Crippen molar-refractivity contribution in [3.63, 3.8) is 0 Å². The Morgan fingerprint density at radius 3 is 2.75 bits per heavy atom. The van der Waals surface area contributed by atoms with Crippen molar-refractivity contribution in [2.45, 2.75) is 31.5 Å². The first-order valence-corrected chi connectivity index (χ1v) is 7.07. The molecule has 2 unspecified atom stereocenters. The van der Waals surface area contributed by atoms with Crippen LogP contribution in [0.15, 0.2) is 12.1 Å². The summed E-state index contributed by atoms with van der Waals surface area (Å²) in [6.45, 7) is 1.38. The monoisotopic (exact) mass is 280 g/mol. The van der Waals surface area contributed by atoms with Gasteiger partial charge in [0.1, 0.15) is 0 Å². The minimum Gasteiger partial charge on any atom is -0.504 e. The second kappa shape index (κ2) is 6.43. The van der Waals surface area contributed by atoms with Crippen molar-refractivity contribution in [2.24, 2.45) is 5.73 Å². The van der Waals surface area contributed by atoms with Crippen LogP contribution in [0.5, 0.6) is 11.5 Å². The van der Waals surface area contributed by atoms with Crippen molar-refractivity contribution in [1.29, 1.82) is 0 Å². The number of aromatic hydroxyl groups is 2. The van der Waals surface area contributed by atoms with Crippen LogP contribution in [0, 0.1) is 0 Å². The molecule has 4 N–H and O–H groups in total. The molecule has 0 amide bonds. The fourth-order valence-electron chi connectivity index (χ4n) is 2.72. The molecule has 2 rings (SSSR count). The fourth-order valence-corrected chi connectivity index (χ4v) is 2.72. The van der Waals surface area contributed by atoms with Gasteiger partial charge in [-0.25, -0.2) is 0 Å². The summed E-state index contributed by atoms with van der Waals surface area (Å²) < 4.78 is 6.00. The Hall–Kier alpha value is -1.30. The molecule has 0 spiro atoms. The number of phenolic OH excluding ortho intramolecular Hbond substituents is 2. The molecule has 112 valence electrons. The molecule has 1 aromatic carbocycles. The maximum absolute atomic E-state index is 10.0. The highest BCUT2D eigenvalue weighted by atomic mass is 16.5. The van der Waals surface area contributed by atoms with Gasteiger partial charge in [0.25, 0.3) is 0 Å². The lowest BCUT2D eigenvalue weighted by atomic mass is 9.91. The Labute approximate surface area is 120 Å². The van der Waals surface area contributed by atoms with Crippen molar-refractivity contribution in [2.75, 3.05) is 27.2 Å². The highest BCUT2D eigenvalue weighted by molar-refractivity contribution is 5.50. The zero-order valence-corrected chi connectivity index (χ0v) is 12.2. The standard InChI is InChI=1S/C15H24N2O3/c1-17(2)7-3-4-10-8-12-11(14(9-16)20-10)5-6-13(18)15(12)19/h5-6,10,14,18-19H,3-4,7-9,16H2,1-2H3. The number of rotatable bonds is 5. The van der Waals surface area contributed by atoms with E-state index in [2.05, 4.69) is 4.90 Å². The molecular formula is C15H24N2O3. The Balaban J connectivity index is 2.12. The summed E-state index contributed by atoms with van der Waals surface area (Å²) in [5, 5.41) is 19.7. The first-order chi connectivity index (χ1) is 9.52. The molecule has 0 saturated heterocycles. The number of phenols is 2. The van der Waals surface area contributed by atoms with Crippen LogP contribution < -0.4 is 5.73 Å². The van der Waals surface area contributed by atoms with Gasteiger partial charge in [-0.15, -0.1) is 0 Å². The number of ether oxygens (including phenoxy) is 1. The summed E-state index contributed by atoms with van der Waals surface area (Å²) in [6, 6.07) is 3.28. The molecule has 1 aliphatic heterocycles. The van der Waals surface area contributed by atoms with Crippen LogP contribution in [0.4, 0.5) is 0 Å². The van der Waals surface area contributed by atoms with Crippen LogP contribution in [-0.4, -0.2) is 48.4 Å². The molecule has 2 atom stereocenters. The van der Waals surface area contributed by atoms with Crippen LogP contribution in [0.1, 0.15) is 30.1 Å².